The zero-order valence-corrected chi connectivity index (χ0v) is 11.1. The first-order valence-corrected chi connectivity index (χ1v) is 6.85. The van der Waals surface area contributed by atoms with Crippen LogP contribution in [0.4, 0.5) is 5.69 Å². The fourth-order valence-corrected chi connectivity index (χ4v) is 2.53. The van der Waals surface area contributed by atoms with Gasteiger partial charge in [-0.2, -0.15) is 0 Å². The van der Waals surface area contributed by atoms with E-state index in [4.69, 9.17) is 0 Å². The Morgan fingerprint density at radius 2 is 2.18 bits per heavy atom. The second kappa shape index (κ2) is 6.06. The summed E-state index contributed by atoms with van der Waals surface area (Å²) in [4.78, 5) is 2.35. The summed E-state index contributed by atoms with van der Waals surface area (Å²) in [6.45, 7) is 5.59. The molecule has 0 saturated carbocycles. The quantitative estimate of drug-likeness (QED) is 0.759. The molecule has 1 aromatic rings. The number of rotatable bonds is 6. The van der Waals surface area contributed by atoms with Crippen molar-refractivity contribution in [3.63, 3.8) is 0 Å². The molecule has 1 aliphatic heterocycles. The van der Waals surface area contributed by atoms with Gasteiger partial charge in [0.25, 0.3) is 0 Å². The average Bonchev–Trinajstić information content (AvgIpc) is 2.71. The molecule has 17 heavy (non-hydrogen) atoms. The smallest absolute Gasteiger partial charge is 0.0397 e. The third-order valence-corrected chi connectivity index (χ3v) is 3.59. The highest BCUT2D eigenvalue weighted by molar-refractivity contribution is 5.58. The fraction of sp³-hybridized carbons (Fsp3) is 0.600. The number of benzene rings is 1. The minimum absolute atomic E-state index is 1.09. The van der Waals surface area contributed by atoms with Crippen LogP contribution in [-0.2, 0) is 12.8 Å². The first kappa shape index (κ1) is 12.4. The minimum atomic E-state index is 1.09. The SMILES string of the molecule is CCNCCCCc1ccc2c(c1)CCN2C. The van der Waals surface area contributed by atoms with E-state index in [-0.39, 0.29) is 0 Å². The molecule has 0 aromatic heterocycles. The van der Waals surface area contributed by atoms with E-state index < -0.39 is 0 Å². The number of anilines is 1. The van der Waals surface area contributed by atoms with Crippen molar-refractivity contribution in [1.29, 1.82) is 0 Å². The van der Waals surface area contributed by atoms with Gasteiger partial charge in [0.2, 0.25) is 0 Å². The molecule has 1 aliphatic rings. The fourth-order valence-electron chi connectivity index (χ4n) is 2.53. The van der Waals surface area contributed by atoms with Gasteiger partial charge in [0.05, 0.1) is 0 Å². The molecular formula is C15H24N2. The predicted molar refractivity (Wildman–Crippen MR) is 74.9 cm³/mol. The summed E-state index contributed by atoms with van der Waals surface area (Å²) in [5.74, 6) is 0. The maximum atomic E-state index is 3.38. The van der Waals surface area contributed by atoms with Crippen molar-refractivity contribution in [3.8, 4) is 0 Å². The maximum Gasteiger partial charge on any atom is 0.0397 e. The number of likely N-dealkylation sites (N-methyl/N-ethyl adjacent to an activating group) is 1. The van der Waals surface area contributed by atoms with Gasteiger partial charge in [-0.3, -0.25) is 0 Å². The summed E-state index contributed by atoms with van der Waals surface area (Å²) in [6.07, 6.45) is 5.02. The number of hydrogen-bond donors (Lipinski definition) is 1. The van der Waals surface area contributed by atoms with Crippen LogP contribution in [0, 0.1) is 0 Å². The molecule has 0 aliphatic carbocycles. The van der Waals surface area contributed by atoms with Crippen LogP contribution < -0.4 is 10.2 Å². The molecule has 1 heterocycles. The second-order valence-corrected chi connectivity index (χ2v) is 4.95. The molecule has 0 bridgehead atoms. The van der Waals surface area contributed by atoms with Gasteiger partial charge in [0, 0.05) is 19.3 Å². The summed E-state index contributed by atoms with van der Waals surface area (Å²) in [5.41, 5.74) is 4.48. The van der Waals surface area contributed by atoms with E-state index in [0.717, 1.165) is 13.1 Å². The molecule has 1 aromatic carbocycles. The lowest BCUT2D eigenvalue weighted by atomic mass is 10.0. The Morgan fingerprint density at radius 1 is 1.29 bits per heavy atom. The molecule has 94 valence electrons. The van der Waals surface area contributed by atoms with Crippen LogP contribution in [0.15, 0.2) is 18.2 Å². The van der Waals surface area contributed by atoms with Crippen molar-refractivity contribution in [2.24, 2.45) is 0 Å². The lowest BCUT2D eigenvalue weighted by molar-refractivity contribution is 0.641. The van der Waals surface area contributed by atoms with Crippen LogP contribution in [0.1, 0.15) is 30.9 Å². The lowest BCUT2D eigenvalue weighted by Gasteiger charge is -2.12. The van der Waals surface area contributed by atoms with Crippen molar-refractivity contribution in [1.82, 2.24) is 5.32 Å². The summed E-state index contributed by atoms with van der Waals surface area (Å²) in [5, 5.41) is 3.38. The molecule has 2 rings (SSSR count). The highest BCUT2D eigenvalue weighted by atomic mass is 15.1. The van der Waals surface area contributed by atoms with Gasteiger partial charge in [-0.1, -0.05) is 19.1 Å². The van der Waals surface area contributed by atoms with Gasteiger partial charge >= 0.3 is 0 Å². The number of nitrogens with one attached hydrogen (secondary N) is 1. The van der Waals surface area contributed by atoms with Crippen LogP contribution in [0.5, 0.6) is 0 Å². The molecule has 0 saturated heterocycles. The first-order valence-electron chi connectivity index (χ1n) is 6.85. The van der Waals surface area contributed by atoms with Crippen LogP contribution in [-0.4, -0.2) is 26.7 Å². The van der Waals surface area contributed by atoms with Crippen LogP contribution >= 0.6 is 0 Å². The van der Waals surface area contributed by atoms with Crippen LogP contribution in [0.25, 0.3) is 0 Å². The molecule has 2 heteroatoms. The average molecular weight is 232 g/mol. The predicted octanol–water partition coefficient (Wildman–Crippen LogP) is 2.61. The molecule has 1 N–H and O–H groups in total. The normalized spacial score (nSPS) is 14.1. The van der Waals surface area contributed by atoms with E-state index in [1.54, 1.807) is 0 Å². The Kier molecular flexibility index (Phi) is 4.43. The molecular weight excluding hydrogens is 208 g/mol. The Labute approximate surface area is 105 Å². The van der Waals surface area contributed by atoms with Crippen molar-refractivity contribution in [2.45, 2.75) is 32.6 Å². The monoisotopic (exact) mass is 232 g/mol. The Hall–Kier alpha value is -1.02. The Morgan fingerprint density at radius 3 is 3.00 bits per heavy atom. The van der Waals surface area contributed by atoms with Crippen molar-refractivity contribution < 1.29 is 0 Å². The topological polar surface area (TPSA) is 15.3 Å². The van der Waals surface area contributed by atoms with Gasteiger partial charge in [-0.15, -0.1) is 0 Å². The van der Waals surface area contributed by atoms with Gasteiger partial charge in [-0.05, 0) is 56.0 Å². The number of fused-ring (bicyclic) bond motifs is 1. The highest BCUT2D eigenvalue weighted by Gasteiger charge is 2.15. The summed E-state index contributed by atoms with van der Waals surface area (Å²) in [7, 11) is 2.18. The Balaban J connectivity index is 1.82. The van der Waals surface area contributed by atoms with Gasteiger partial charge in [0.1, 0.15) is 0 Å². The zero-order valence-electron chi connectivity index (χ0n) is 11.1. The minimum Gasteiger partial charge on any atom is -0.374 e. The first-order chi connectivity index (χ1) is 8.31. The number of hydrogen-bond acceptors (Lipinski definition) is 2. The van der Waals surface area contributed by atoms with Crippen LogP contribution in [0.2, 0.25) is 0 Å². The van der Waals surface area contributed by atoms with Gasteiger partial charge in [0.15, 0.2) is 0 Å². The van der Waals surface area contributed by atoms with E-state index >= 15 is 0 Å². The van der Waals surface area contributed by atoms with Crippen molar-refractivity contribution in [3.05, 3.63) is 29.3 Å². The van der Waals surface area contributed by atoms with Crippen LogP contribution in [0.3, 0.4) is 0 Å². The second-order valence-electron chi connectivity index (χ2n) is 4.95. The number of aryl methyl sites for hydroxylation is 1. The van der Waals surface area contributed by atoms with Gasteiger partial charge < -0.3 is 10.2 Å². The largest absolute Gasteiger partial charge is 0.374 e. The van der Waals surface area contributed by atoms with E-state index in [1.165, 1.54) is 49.0 Å². The van der Waals surface area contributed by atoms with Crippen molar-refractivity contribution in [2.75, 3.05) is 31.6 Å². The lowest BCUT2D eigenvalue weighted by Crippen LogP contribution is -2.13. The molecule has 2 nitrogen and oxygen atoms in total. The molecule has 0 spiro atoms. The molecule has 0 atom stereocenters. The number of nitrogens with zero attached hydrogens (tertiary/aromatic N) is 1. The molecule has 0 amide bonds. The van der Waals surface area contributed by atoms with E-state index in [2.05, 4.69) is 42.4 Å². The third-order valence-electron chi connectivity index (χ3n) is 3.59. The molecule has 0 fully saturated rings. The van der Waals surface area contributed by atoms with E-state index in [1.807, 2.05) is 0 Å². The summed E-state index contributed by atoms with van der Waals surface area (Å²) < 4.78 is 0. The number of unbranched alkanes of at least 4 members (excludes halogenated alkanes) is 1. The third kappa shape index (κ3) is 3.22. The van der Waals surface area contributed by atoms with E-state index in [9.17, 15) is 0 Å². The summed E-state index contributed by atoms with van der Waals surface area (Å²) in [6, 6.07) is 7.00. The zero-order chi connectivity index (χ0) is 12.1. The molecule has 0 unspecified atom stereocenters. The van der Waals surface area contributed by atoms with Gasteiger partial charge in [-0.25, -0.2) is 0 Å². The highest BCUT2D eigenvalue weighted by Crippen LogP contribution is 2.27. The Bertz CT molecular complexity index is 360. The summed E-state index contributed by atoms with van der Waals surface area (Å²) >= 11 is 0. The standard InChI is InChI=1S/C15H24N2/c1-3-16-10-5-4-6-13-7-8-15-14(12-13)9-11-17(15)2/h7-8,12,16H,3-6,9-11H2,1-2H3. The van der Waals surface area contributed by atoms with E-state index in [0.29, 0.717) is 0 Å². The molecule has 0 radical (unpaired) electrons. The maximum absolute atomic E-state index is 3.38. The van der Waals surface area contributed by atoms with Crippen molar-refractivity contribution >= 4 is 5.69 Å².